The van der Waals surface area contributed by atoms with Gasteiger partial charge in [0.15, 0.2) is 0 Å². The Kier molecular flexibility index (Phi) is 5.23. The van der Waals surface area contributed by atoms with Crippen LogP contribution in [0, 0.1) is 19.8 Å². The van der Waals surface area contributed by atoms with Crippen molar-refractivity contribution in [1.29, 1.82) is 0 Å². The number of aliphatic carboxylic acids is 1. The van der Waals surface area contributed by atoms with E-state index >= 15 is 0 Å². The maximum absolute atomic E-state index is 11.1. The van der Waals surface area contributed by atoms with Gasteiger partial charge in [-0.1, -0.05) is 6.07 Å². The van der Waals surface area contributed by atoms with Gasteiger partial charge in [-0.15, -0.1) is 0 Å². The molecular weight excluding hydrogens is 266 g/mol. The van der Waals surface area contributed by atoms with Crippen molar-refractivity contribution in [2.24, 2.45) is 5.92 Å². The van der Waals surface area contributed by atoms with Crippen LogP contribution < -0.4 is 4.74 Å². The van der Waals surface area contributed by atoms with E-state index in [1.54, 1.807) is 7.11 Å². The largest absolute Gasteiger partial charge is 0.496 e. The van der Waals surface area contributed by atoms with Gasteiger partial charge >= 0.3 is 5.97 Å². The van der Waals surface area contributed by atoms with E-state index in [-0.39, 0.29) is 5.92 Å². The molecule has 1 aromatic rings. The summed E-state index contributed by atoms with van der Waals surface area (Å²) in [6.45, 7) is 6.79. The molecule has 0 bridgehead atoms. The molecule has 0 aliphatic carbocycles. The lowest BCUT2D eigenvalue weighted by molar-refractivity contribution is -0.143. The van der Waals surface area contributed by atoms with Gasteiger partial charge in [0, 0.05) is 13.1 Å². The molecule has 0 aromatic heterocycles. The third-order valence-electron chi connectivity index (χ3n) is 4.41. The van der Waals surface area contributed by atoms with Crippen molar-refractivity contribution in [3.63, 3.8) is 0 Å². The summed E-state index contributed by atoms with van der Waals surface area (Å²) in [6.07, 6.45) is 2.76. The molecule has 0 saturated carbocycles. The van der Waals surface area contributed by atoms with Crippen LogP contribution in [0.4, 0.5) is 0 Å². The molecule has 1 unspecified atom stereocenters. The first-order chi connectivity index (χ1) is 10.0. The summed E-state index contributed by atoms with van der Waals surface area (Å²) in [7, 11) is 1.70. The highest BCUT2D eigenvalue weighted by molar-refractivity contribution is 5.70. The van der Waals surface area contributed by atoms with E-state index in [0.717, 1.165) is 43.7 Å². The zero-order valence-corrected chi connectivity index (χ0v) is 13.2. The minimum Gasteiger partial charge on any atom is -0.496 e. The quantitative estimate of drug-likeness (QED) is 0.906. The second kappa shape index (κ2) is 6.94. The molecule has 1 aromatic carbocycles. The fourth-order valence-electron chi connectivity index (χ4n) is 3.08. The van der Waals surface area contributed by atoms with Gasteiger partial charge in [0.25, 0.3) is 0 Å². The van der Waals surface area contributed by atoms with Crippen molar-refractivity contribution in [3.05, 3.63) is 28.8 Å². The second-order valence-corrected chi connectivity index (χ2v) is 5.98. The van der Waals surface area contributed by atoms with Crippen LogP contribution in [0.1, 0.15) is 29.5 Å². The first kappa shape index (κ1) is 15.8. The topological polar surface area (TPSA) is 49.8 Å². The predicted molar refractivity (Wildman–Crippen MR) is 83.0 cm³/mol. The monoisotopic (exact) mass is 291 g/mol. The number of aryl methyl sites for hydroxylation is 2. The molecule has 1 aliphatic heterocycles. The Morgan fingerprint density at radius 2 is 2.14 bits per heavy atom. The van der Waals surface area contributed by atoms with E-state index in [0.29, 0.717) is 6.54 Å². The molecular formula is C17H25NO3. The number of carboxylic acid groups (broad SMARTS) is 1. The van der Waals surface area contributed by atoms with E-state index in [1.807, 2.05) is 0 Å². The SMILES string of the molecule is COc1cc(C)c(CCN2CCCC(C(=O)O)C2)cc1C. The first-order valence-corrected chi connectivity index (χ1v) is 7.60. The number of nitrogens with zero attached hydrogens (tertiary/aromatic N) is 1. The van der Waals surface area contributed by atoms with Crippen molar-refractivity contribution in [3.8, 4) is 5.75 Å². The zero-order valence-electron chi connectivity index (χ0n) is 13.2. The predicted octanol–water partition coefficient (Wildman–Crippen LogP) is 2.65. The van der Waals surface area contributed by atoms with Crippen LogP contribution in [-0.2, 0) is 11.2 Å². The number of carbonyl (C=O) groups is 1. The number of rotatable bonds is 5. The molecule has 1 aliphatic rings. The van der Waals surface area contributed by atoms with Gasteiger partial charge in [0.1, 0.15) is 5.75 Å². The van der Waals surface area contributed by atoms with Crippen LogP contribution in [0.3, 0.4) is 0 Å². The lowest BCUT2D eigenvalue weighted by atomic mass is 9.97. The van der Waals surface area contributed by atoms with Gasteiger partial charge < -0.3 is 14.7 Å². The number of carboxylic acids is 1. The number of piperidine rings is 1. The highest BCUT2D eigenvalue weighted by Gasteiger charge is 2.25. The third-order valence-corrected chi connectivity index (χ3v) is 4.41. The summed E-state index contributed by atoms with van der Waals surface area (Å²) in [4.78, 5) is 13.4. The number of hydrogen-bond acceptors (Lipinski definition) is 3. The van der Waals surface area contributed by atoms with Gasteiger partial charge in [0.2, 0.25) is 0 Å². The fourth-order valence-corrected chi connectivity index (χ4v) is 3.08. The fraction of sp³-hybridized carbons (Fsp3) is 0.588. The van der Waals surface area contributed by atoms with Crippen LogP contribution >= 0.6 is 0 Å². The highest BCUT2D eigenvalue weighted by atomic mass is 16.5. The molecule has 1 saturated heterocycles. The van der Waals surface area contributed by atoms with E-state index in [9.17, 15) is 4.79 Å². The lowest BCUT2D eigenvalue weighted by Gasteiger charge is -2.30. The third kappa shape index (κ3) is 3.97. The number of methoxy groups -OCH3 is 1. The van der Waals surface area contributed by atoms with E-state index in [1.165, 1.54) is 11.1 Å². The van der Waals surface area contributed by atoms with E-state index < -0.39 is 5.97 Å². The number of ether oxygens (including phenoxy) is 1. The average molecular weight is 291 g/mol. The highest BCUT2D eigenvalue weighted by Crippen LogP contribution is 2.23. The summed E-state index contributed by atoms with van der Waals surface area (Å²) in [6, 6.07) is 4.27. The Bertz CT molecular complexity index is 513. The summed E-state index contributed by atoms with van der Waals surface area (Å²) in [5.41, 5.74) is 3.72. The van der Waals surface area contributed by atoms with Crippen molar-refractivity contribution in [2.45, 2.75) is 33.1 Å². The van der Waals surface area contributed by atoms with Crippen LogP contribution in [0.5, 0.6) is 5.75 Å². The van der Waals surface area contributed by atoms with Crippen molar-refractivity contribution < 1.29 is 14.6 Å². The van der Waals surface area contributed by atoms with Crippen molar-refractivity contribution >= 4 is 5.97 Å². The molecule has 4 nitrogen and oxygen atoms in total. The molecule has 1 heterocycles. The smallest absolute Gasteiger partial charge is 0.307 e. The molecule has 1 fully saturated rings. The molecule has 2 rings (SSSR count). The number of hydrogen-bond donors (Lipinski definition) is 1. The number of likely N-dealkylation sites (tertiary alicyclic amines) is 1. The first-order valence-electron chi connectivity index (χ1n) is 7.60. The second-order valence-electron chi connectivity index (χ2n) is 5.98. The van der Waals surface area contributed by atoms with E-state index in [2.05, 4.69) is 30.9 Å². The molecule has 1 atom stereocenters. The van der Waals surface area contributed by atoms with E-state index in [4.69, 9.17) is 9.84 Å². The Balaban J connectivity index is 1.97. The van der Waals surface area contributed by atoms with Crippen LogP contribution in [0.15, 0.2) is 12.1 Å². The molecule has 0 spiro atoms. The minimum absolute atomic E-state index is 0.197. The van der Waals surface area contributed by atoms with Gasteiger partial charge in [-0.05, 0) is 62.4 Å². The zero-order chi connectivity index (χ0) is 15.4. The van der Waals surface area contributed by atoms with Crippen molar-refractivity contribution in [2.75, 3.05) is 26.7 Å². The standard InChI is InChI=1S/C17H25NO3/c1-12-10-16(21-3)13(2)9-14(12)6-8-18-7-4-5-15(11-18)17(19)20/h9-10,15H,4-8,11H2,1-3H3,(H,19,20). The summed E-state index contributed by atoms with van der Waals surface area (Å²) < 4.78 is 5.34. The van der Waals surface area contributed by atoms with Crippen LogP contribution in [0.2, 0.25) is 0 Å². The van der Waals surface area contributed by atoms with Crippen LogP contribution in [-0.4, -0.2) is 42.7 Å². The lowest BCUT2D eigenvalue weighted by Crippen LogP contribution is -2.39. The maximum atomic E-state index is 11.1. The molecule has 21 heavy (non-hydrogen) atoms. The minimum atomic E-state index is -0.656. The average Bonchev–Trinajstić information content (AvgIpc) is 2.48. The summed E-state index contributed by atoms with van der Waals surface area (Å²) in [5, 5.41) is 9.14. The Morgan fingerprint density at radius 3 is 2.81 bits per heavy atom. The summed E-state index contributed by atoms with van der Waals surface area (Å²) in [5.74, 6) is 0.0776. The summed E-state index contributed by atoms with van der Waals surface area (Å²) >= 11 is 0. The molecule has 1 N–H and O–H groups in total. The molecule has 0 amide bonds. The Hall–Kier alpha value is -1.55. The molecule has 116 valence electrons. The van der Waals surface area contributed by atoms with Gasteiger partial charge in [0.05, 0.1) is 13.0 Å². The Morgan fingerprint density at radius 1 is 1.38 bits per heavy atom. The number of benzene rings is 1. The molecule has 0 radical (unpaired) electrons. The van der Waals surface area contributed by atoms with Crippen LogP contribution in [0.25, 0.3) is 0 Å². The van der Waals surface area contributed by atoms with Gasteiger partial charge in [-0.3, -0.25) is 4.79 Å². The van der Waals surface area contributed by atoms with Crippen molar-refractivity contribution in [1.82, 2.24) is 4.90 Å². The van der Waals surface area contributed by atoms with Gasteiger partial charge in [-0.25, -0.2) is 0 Å². The Labute approximate surface area is 126 Å². The van der Waals surface area contributed by atoms with Gasteiger partial charge in [-0.2, -0.15) is 0 Å². The molecule has 4 heteroatoms. The maximum Gasteiger partial charge on any atom is 0.307 e. The normalized spacial score (nSPS) is 19.5.